The van der Waals surface area contributed by atoms with Crippen LogP contribution in [0.15, 0.2) is 36.4 Å². The highest BCUT2D eigenvalue weighted by Gasteiger charge is 2.46. The normalized spacial score (nSPS) is 23.2. The molecule has 11 nitrogen and oxygen atoms in total. The van der Waals surface area contributed by atoms with Crippen LogP contribution in [0.2, 0.25) is 0 Å². The van der Waals surface area contributed by atoms with Crippen molar-refractivity contribution < 1.29 is 42.9 Å². The van der Waals surface area contributed by atoms with E-state index < -0.39 is 71.8 Å². The fourth-order valence-corrected chi connectivity index (χ4v) is 5.82. The number of hydrogen-bond acceptors (Lipinski definition) is 9. The Labute approximate surface area is 254 Å². The van der Waals surface area contributed by atoms with E-state index in [1.807, 2.05) is 0 Å². The molecular weight excluding hydrogens is 578 g/mol. The summed E-state index contributed by atoms with van der Waals surface area (Å²) in [6.07, 6.45) is 1.02. The third-order valence-electron chi connectivity index (χ3n) is 8.07. The highest BCUT2D eigenvalue weighted by Crippen LogP contribution is 2.36. The predicted octanol–water partition coefficient (Wildman–Crippen LogP) is 3.26. The largest absolute Gasteiger partial charge is 0.467 e. The Morgan fingerprint density at radius 2 is 1.84 bits per heavy atom. The first kappa shape index (κ1) is 33.2. The summed E-state index contributed by atoms with van der Waals surface area (Å²) in [7, 11) is 1.20. The van der Waals surface area contributed by atoms with Gasteiger partial charge in [0.25, 0.3) is 0 Å². The highest BCUT2D eigenvalue weighted by molar-refractivity contribution is 5.91. The SMILES string of the molecule is COC(=O)[C@@H]1C[C@@H](Cc2nc3ccccc3nc2C(F)(F)/C=C/CO)CN1C(=O)[C@@H](NC(=O)O[C@@H]1CCC[C@H]1O)C(C)(C)C. The Bertz CT molecular complexity index is 1400. The van der Waals surface area contributed by atoms with Gasteiger partial charge in [-0.05, 0) is 61.6 Å². The van der Waals surface area contributed by atoms with Crippen LogP contribution in [0.25, 0.3) is 11.0 Å². The van der Waals surface area contributed by atoms with E-state index in [1.54, 1.807) is 45.0 Å². The molecule has 0 radical (unpaired) electrons. The van der Waals surface area contributed by atoms with Gasteiger partial charge in [-0.3, -0.25) is 4.79 Å². The molecule has 1 aliphatic carbocycles. The monoisotopic (exact) mass is 618 g/mol. The lowest BCUT2D eigenvalue weighted by Crippen LogP contribution is -2.57. The standard InChI is InChI=1S/C31H40F2N4O7/c1-30(2,3)26(36-29(42)44-24-12-7-11-23(24)39)27(40)37-17-18(16-22(37)28(41)43-4)15-21-25(31(32,33)13-8-14-38)35-20-10-6-5-9-19(20)34-21/h5-6,8-10,13,18,22-24,26,38-39H,7,11-12,14-17H2,1-4H3,(H,36,42)/b13-8+/t18-,22+,23-,24-,26-/m1/s1. The summed E-state index contributed by atoms with van der Waals surface area (Å²) >= 11 is 0. The first-order valence-corrected chi connectivity index (χ1v) is 14.7. The number of amides is 2. The van der Waals surface area contributed by atoms with Crippen LogP contribution in [-0.2, 0) is 31.4 Å². The molecule has 1 aromatic carbocycles. The average molecular weight is 619 g/mol. The maximum atomic E-state index is 15.3. The minimum Gasteiger partial charge on any atom is -0.467 e. The summed E-state index contributed by atoms with van der Waals surface area (Å²) in [4.78, 5) is 49.7. The molecule has 1 saturated heterocycles. The van der Waals surface area contributed by atoms with Gasteiger partial charge in [-0.25, -0.2) is 19.6 Å². The second-order valence-corrected chi connectivity index (χ2v) is 12.4. The second-order valence-electron chi connectivity index (χ2n) is 12.4. The van der Waals surface area contributed by atoms with Crippen molar-refractivity contribution in [2.75, 3.05) is 20.3 Å². The number of aliphatic hydroxyl groups excluding tert-OH is 2. The van der Waals surface area contributed by atoms with E-state index in [9.17, 15) is 19.5 Å². The Morgan fingerprint density at radius 3 is 2.43 bits per heavy atom. The topological polar surface area (TPSA) is 151 Å². The maximum absolute atomic E-state index is 15.3. The third-order valence-corrected chi connectivity index (χ3v) is 8.07. The Hall–Kier alpha value is -3.71. The fraction of sp³-hybridized carbons (Fsp3) is 0.581. The first-order valence-electron chi connectivity index (χ1n) is 14.7. The van der Waals surface area contributed by atoms with Gasteiger partial charge in [0.2, 0.25) is 5.91 Å². The molecule has 1 saturated carbocycles. The smallest absolute Gasteiger partial charge is 0.408 e. The fourth-order valence-electron chi connectivity index (χ4n) is 5.82. The van der Waals surface area contributed by atoms with Crippen LogP contribution in [0.3, 0.4) is 0 Å². The number of aliphatic hydroxyl groups is 2. The molecule has 0 bridgehead atoms. The number of rotatable bonds is 9. The van der Waals surface area contributed by atoms with Gasteiger partial charge in [0, 0.05) is 6.54 Å². The molecule has 3 N–H and O–H groups in total. The molecule has 2 aliphatic rings. The van der Waals surface area contributed by atoms with Crippen LogP contribution in [0.4, 0.5) is 13.6 Å². The van der Waals surface area contributed by atoms with Crippen molar-refractivity contribution in [3.05, 3.63) is 47.8 Å². The number of hydrogen-bond donors (Lipinski definition) is 3. The summed E-state index contributed by atoms with van der Waals surface area (Å²) in [6.45, 7) is 4.68. The van der Waals surface area contributed by atoms with Gasteiger partial charge in [0.15, 0.2) is 0 Å². The highest BCUT2D eigenvalue weighted by atomic mass is 19.3. The Morgan fingerprint density at radius 1 is 1.16 bits per heavy atom. The van der Waals surface area contributed by atoms with Crippen LogP contribution >= 0.6 is 0 Å². The number of nitrogens with zero attached hydrogens (tertiary/aromatic N) is 3. The molecule has 1 aromatic heterocycles. The number of aromatic nitrogens is 2. The van der Waals surface area contributed by atoms with Crippen molar-refractivity contribution in [3.8, 4) is 0 Å². The van der Waals surface area contributed by atoms with E-state index in [-0.39, 0.29) is 30.6 Å². The summed E-state index contributed by atoms with van der Waals surface area (Å²) in [5, 5.41) is 21.8. The Kier molecular flexibility index (Phi) is 10.2. The summed E-state index contributed by atoms with van der Waals surface area (Å²) < 4.78 is 41.0. The number of alkyl halides is 2. The van der Waals surface area contributed by atoms with Gasteiger partial charge in [0.05, 0.1) is 36.5 Å². The number of carbonyl (C=O) groups is 3. The zero-order chi connectivity index (χ0) is 32.2. The number of allylic oxidation sites excluding steroid dienone is 1. The van der Waals surface area contributed by atoms with Crippen LogP contribution in [0.5, 0.6) is 0 Å². The number of ether oxygens (including phenoxy) is 2. The number of methoxy groups -OCH3 is 1. The van der Waals surface area contributed by atoms with Crippen molar-refractivity contribution >= 4 is 29.0 Å². The van der Waals surface area contributed by atoms with E-state index in [4.69, 9.17) is 14.6 Å². The van der Waals surface area contributed by atoms with Crippen molar-refractivity contribution in [2.24, 2.45) is 11.3 Å². The molecular formula is C31H40F2N4O7. The quantitative estimate of drug-likeness (QED) is 0.284. The lowest BCUT2D eigenvalue weighted by atomic mass is 9.85. The molecule has 2 heterocycles. The molecule has 5 atom stereocenters. The molecule has 240 valence electrons. The molecule has 13 heteroatoms. The number of halogens is 2. The molecule has 2 aromatic rings. The third kappa shape index (κ3) is 7.49. The second kappa shape index (κ2) is 13.5. The summed E-state index contributed by atoms with van der Waals surface area (Å²) in [6, 6.07) is 4.47. The average Bonchev–Trinajstić information content (AvgIpc) is 3.58. The molecule has 2 amide bonds. The molecule has 0 unspecified atom stereocenters. The number of esters is 1. The zero-order valence-corrected chi connectivity index (χ0v) is 25.3. The Balaban J connectivity index is 1.61. The van der Waals surface area contributed by atoms with Crippen LogP contribution in [-0.4, -0.2) is 87.6 Å². The molecule has 0 spiro atoms. The zero-order valence-electron chi connectivity index (χ0n) is 25.3. The van der Waals surface area contributed by atoms with Crippen molar-refractivity contribution in [1.82, 2.24) is 20.2 Å². The molecule has 2 fully saturated rings. The number of fused-ring (bicyclic) bond motifs is 1. The number of likely N-dealkylation sites (tertiary alicyclic amines) is 1. The van der Waals surface area contributed by atoms with E-state index in [0.29, 0.717) is 30.9 Å². The summed E-state index contributed by atoms with van der Waals surface area (Å²) in [5.41, 5.74) is -0.697. The van der Waals surface area contributed by atoms with Crippen molar-refractivity contribution in [3.63, 3.8) is 0 Å². The van der Waals surface area contributed by atoms with E-state index in [2.05, 4.69) is 15.3 Å². The minimum atomic E-state index is -3.54. The van der Waals surface area contributed by atoms with E-state index >= 15 is 8.78 Å². The van der Waals surface area contributed by atoms with Gasteiger partial charge in [-0.15, -0.1) is 0 Å². The van der Waals surface area contributed by atoms with Gasteiger partial charge in [-0.2, -0.15) is 8.78 Å². The van der Waals surface area contributed by atoms with Crippen LogP contribution in [0.1, 0.15) is 57.8 Å². The van der Waals surface area contributed by atoms with E-state index in [0.717, 1.165) is 6.08 Å². The number of nitrogens with one attached hydrogen (secondary N) is 1. The minimum absolute atomic E-state index is 0.00315. The number of alkyl carbamates (subject to hydrolysis) is 1. The van der Waals surface area contributed by atoms with Gasteiger partial charge in [0.1, 0.15) is 23.9 Å². The van der Waals surface area contributed by atoms with Crippen molar-refractivity contribution in [1.29, 1.82) is 0 Å². The van der Waals surface area contributed by atoms with E-state index in [1.165, 1.54) is 12.0 Å². The first-order chi connectivity index (χ1) is 20.7. The van der Waals surface area contributed by atoms with Crippen molar-refractivity contribution in [2.45, 2.75) is 83.1 Å². The number of benzene rings is 1. The molecule has 4 rings (SSSR count). The molecule has 44 heavy (non-hydrogen) atoms. The van der Waals surface area contributed by atoms with Crippen LogP contribution in [0, 0.1) is 11.3 Å². The van der Waals surface area contributed by atoms with Gasteiger partial charge >= 0.3 is 18.0 Å². The maximum Gasteiger partial charge on any atom is 0.408 e. The lowest BCUT2D eigenvalue weighted by Gasteiger charge is -2.35. The van der Waals surface area contributed by atoms with Gasteiger partial charge < -0.3 is 29.9 Å². The predicted molar refractivity (Wildman–Crippen MR) is 155 cm³/mol. The summed E-state index contributed by atoms with van der Waals surface area (Å²) in [5.74, 6) is -5.25. The number of carbonyl (C=O) groups excluding carboxylic acids is 3. The number of para-hydroxylation sites is 2. The molecule has 1 aliphatic heterocycles. The van der Waals surface area contributed by atoms with Gasteiger partial charge in [-0.1, -0.05) is 39.0 Å². The lowest BCUT2D eigenvalue weighted by molar-refractivity contribution is -0.152. The van der Waals surface area contributed by atoms with Crippen LogP contribution < -0.4 is 5.32 Å².